The molecule has 1 heterocycles. The van der Waals surface area contributed by atoms with E-state index < -0.39 is 0 Å². The average Bonchev–Trinajstić information content (AvgIpc) is 2.69. The molecule has 16 heavy (non-hydrogen) atoms. The zero-order valence-electron chi connectivity index (χ0n) is 9.70. The minimum Gasteiger partial charge on any atom is -0.496 e. The molecule has 0 aliphatic rings. The van der Waals surface area contributed by atoms with Gasteiger partial charge in [0, 0.05) is 23.2 Å². The molecule has 1 aromatic heterocycles. The second-order valence-electron chi connectivity index (χ2n) is 4.16. The molecule has 0 radical (unpaired) electrons. The van der Waals surface area contributed by atoms with Gasteiger partial charge in [0.05, 0.1) is 12.7 Å². The number of aldehydes is 1. The summed E-state index contributed by atoms with van der Waals surface area (Å²) in [5.74, 6) is 1.04. The van der Waals surface area contributed by atoms with Crippen LogP contribution < -0.4 is 4.74 Å². The van der Waals surface area contributed by atoms with E-state index in [1.54, 1.807) is 7.11 Å². The van der Waals surface area contributed by atoms with Crippen molar-refractivity contribution in [3.05, 3.63) is 29.5 Å². The highest BCUT2D eigenvalue weighted by atomic mass is 16.5. The number of aromatic amines is 1. The summed E-state index contributed by atoms with van der Waals surface area (Å²) in [6.07, 6.45) is 2.82. The molecule has 0 aliphatic heterocycles. The first kappa shape index (κ1) is 10.7. The number of methoxy groups -OCH3 is 1. The van der Waals surface area contributed by atoms with Crippen LogP contribution >= 0.6 is 0 Å². The third-order valence-electron chi connectivity index (χ3n) is 2.81. The first-order valence-electron chi connectivity index (χ1n) is 5.31. The van der Waals surface area contributed by atoms with Crippen molar-refractivity contribution in [3.63, 3.8) is 0 Å². The zero-order valence-corrected chi connectivity index (χ0v) is 9.70. The van der Waals surface area contributed by atoms with Crippen LogP contribution in [0, 0.1) is 0 Å². The lowest BCUT2D eigenvalue weighted by Crippen LogP contribution is -1.91. The van der Waals surface area contributed by atoms with Crippen LogP contribution in [0.5, 0.6) is 5.75 Å². The van der Waals surface area contributed by atoms with Gasteiger partial charge in [-0.05, 0) is 17.5 Å². The number of fused-ring (bicyclic) bond motifs is 1. The third-order valence-corrected chi connectivity index (χ3v) is 2.81. The monoisotopic (exact) mass is 217 g/mol. The van der Waals surface area contributed by atoms with Gasteiger partial charge in [-0.2, -0.15) is 0 Å². The van der Waals surface area contributed by atoms with E-state index in [0.29, 0.717) is 17.2 Å². The molecule has 84 valence electrons. The fourth-order valence-corrected chi connectivity index (χ4v) is 1.93. The Morgan fingerprint density at radius 1 is 1.38 bits per heavy atom. The Morgan fingerprint density at radius 3 is 2.69 bits per heavy atom. The molecule has 0 bridgehead atoms. The molecule has 1 aromatic carbocycles. The summed E-state index contributed by atoms with van der Waals surface area (Å²) in [6, 6.07) is 3.75. The van der Waals surface area contributed by atoms with Crippen molar-refractivity contribution in [1.29, 1.82) is 0 Å². The van der Waals surface area contributed by atoms with E-state index in [4.69, 9.17) is 4.74 Å². The quantitative estimate of drug-likeness (QED) is 0.802. The SMILES string of the molecule is COc1cc2[nH]cc(C(C)C)c2cc1C=O. The molecule has 0 atom stereocenters. The van der Waals surface area contributed by atoms with Crippen molar-refractivity contribution in [1.82, 2.24) is 4.98 Å². The molecule has 0 unspecified atom stereocenters. The van der Waals surface area contributed by atoms with Crippen molar-refractivity contribution in [3.8, 4) is 5.75 Å². The van der Waals surface area contributed by atoms with Gasteiger partial charge in [-0.3, -0.25) is 4.79 Å². The van der Waals surface area contributed by atoms with Crippen LogP contribution in [0.3, 0.4) is 0 Å². The Morgan fingerprint density at radius 2 is 2.12 bits per heavy atom. The van der Waals surface area contributed by atoms with Crippen LogP contribution in [0.25, 0.3) is 10.9 Å². The number of rotatable bonds is 3. The zero-order chi connectivity index (χ0) is 11.7. The maximum atomic E-state index is 10.9. The topological polar surface area (TPSA) is 42.1 Å². The van der Waals surface area contributed by atoms with Crippen LogP contribution in [0.15, 0.2) is 18.3 Å². The van der Waals surface area contributed by atoms with Gasteiger partial charge in [-0.1, -0.05) is 13.8 Å². The van der Waals surface area contributed by atoms with E-state index >= 15 is 0 Å². The summed E-state index contributed by atoms with van der Waals surface area (Å²) in [5, 5.41) is 1.10. The van der Waals surface area contributed by atoms with Gasteiger partial charge in [0.15, 0.2) is 6.29 Å². The van der Waals surface area contributed by atoms with E-state index in [1.165, 1.54) is 5.56 Å². The summed E-state index contributed by atoms with van der Waals surface area (Å²) in [5.41, 5.74) is 2.82. The van der Waals surface area contributed by atoms with Crippen LogP contribution in [0.4, 0.5) is 0 Å². The molecule has 0 saturated carbocycles. The maximum absolute atomic E-state index is 10.9. The molecule has 0 saturated heterocycles. The van der Waals surface area contributed by atoms with Gasteiger partial charge in [-0.25, -0.2) is 0 Å². The van der Waals surface area contributed by atoms with Gasteiger partial charge in [0.2, 0.25) is 0 Å². The van der Waals surface area contributed by atoms with Gasteiger partial charge in [-0.15, -0.1) is 0 Å². The number of H-pyrrole nitrogens is 1. The summed E-state index contributed by atoms with van der Waals surface area (Å²) in [7, 11) is 1.57. The number of ether oxygens (including phenoxy) is 1. The molecule has 3 nitrogen and oxygen atoms in total. The van der Waals surface area contributed by atoms with Crippen molar-refractivity contribution in [2.75, 3.05) is 7.11 Å². The van der Waals surface area contributed by atoms with E-state index in [9.17, 15) is 4.79 Å². The molecule has 2 aromatic rings. The van der Waals surface area contributed by atoms with Crippen LogP contribution in [-0.2, 0) is 0 Å². The minimum atomic E-state index is 0.432. The number of hydrogen-bond donors (Lipinski definition) is 1. The predicted octanol–water partition coefficient (Wildman–Crippen LogP) is 3.11. The standard InChI is InChI=1S/C13H15NO2/c1-8(2)11-6-14-12-5-13(16-3)9(7-15)4-10(11)12/h4-8,14H,1-3H3. The molecule has 0 aliphatic carbocycles. The van der Waals surface area contributed by atoms with E-state index in [0.717, 1.165) is 17.2 Å². The largest absolute Gasteiger partial charge is 0.496 e. The Kier molecular flexibility index (Phi) is 2.69. The predicted molar refractivity (Wildman–Crippen MR) is 64.3 cm³/mol. The van der Waals surface area contributed by atoms with Gasteiger partial charge >= 0.3 is 0 Å². The lowest BCUT2D eigenvalue weighted by Gasteiger charge is -2.06. The maximum Gasteiger partial charge on any atom is 0.153 e. The molecule has 0 fully saturated rings. The van der Waals surface area contributed by atoms with E-state index in [1.807, 2.05) is 18.3 Å². The Labute approximate surface area is 94.4 Å². The third kappa shape index (κ3) is 1.58. The normalized spacial score (nSPS) is 11.0. The molecule has 2 rings (SSSR count). The van der Waals surface area contributed by atoms with Crippen LogP contribution in [0.1, 0.15) is 35.7 Å². The van der Waals surface area contributed by atoms with Crippen molar-refractivity contribution in [2.24, 2.45) is 0 Å². The highest BCUT2D eigenvalue weighted by Gasteiger charge is 2.11. The van der Waals surface area contributed by atoms with Gasteiger partial charge in [0.25, 0.3) is 0 Å². The fourth-order valence-electron chi connectivity index (χ4n) is 1.93. The van der Waals surface area contributed by atoms with E-state index in [2.05, 4.69) is 18.8 Å². The molecule has 0 spiro atoms. The number of nitrogens with one attached hydrogen (secondary N) is 1. The van der Waals surface area contributed by atoms with Crippen LogP contribution in [0.2, 0.25) is 0 Å². The summed E-state index contributed by atoms with van der Waals surface area (Å²) < 4.78 is 5.16. The first-order valence-corrected chi connectivity index (χ1v) is 5.31. The first-order chi connectivity index (χ1) is 7.67. The second kappa shape index (κ2) is 4.00. The second-order valence-corrected chi connectivity index (χ2v) is 4.16. The van der Waals surface area contributed by atoms with Gasteiger partial charge < -0.3 is 9.72 Å². The summed E-state index contributed by atoms with van der Waals surface area (Å²) >= 11 is 0. The highest BCUT2D eigenvalue weighted by Crippen LogP contribution is 2.30. The van der Waals surface area contributed by atoms with Crippen molar-refractivity contribution in [2.45, 2.75) is 19.8 Å². The fraction of sp³-hybridized carbons (Fsp3) is 0.308. The van der Waals surface area contributed by atoms with Crippen LogP contribution in [-0.4, -0.2) is 18.4 Å². The molecule has 3 heteroatoms. The molecule has 0 amide bonds. The van der Waals surface area contributed by atoms with Gasteiger partial charge in [0.1, 0.15) is 5.75 Å². The minimum absolute atomic E-state index is 0.432. The van der Waals surface area contributed by atoms with Crippen molar-refractivity contribution >= 4 is 17.2 Å². The Balaban J connectivity index is 2.71. The summed E-state index contributed by atoms with van der Waals surface area (Å²) in [6.45, 7) is 4.26. The number of aromatic nitrogens is 1. The van der Waals surface area contributed by atoms with Crippen molar-refractivity contribution < 1.29 is 9.53 Å². The Bertz CT molecular complexity index is 526. The molecular formula is C13H15NO2. The van der Waals surface area contributed by atoms with E-state index in [-0.39, 0.29) is 0 Å². The Hall–Kier alpha value is -1.77. The summed E-state index contributed by atoms with van der Waals surface area (Å²) in [4.78, 5) is 14.1. The lowest BCUT2D eigenvalue weighted by molar-refractivity contribution is 0.112. The molecular weight excluding hydrogens is 202 g/mol. The number of carbonyl (C=O) groups is 1. The lowest BCUT2D eigenvalue weighted by atomic mass is 10.0. The average molecular weight is 217 g/mol. The number of benzene rings is 1. The number of hydrogen-bond acceptors (Lipinski definition) is 2. The molecule has 1 N–H and O–H groups in total. The number of carbonyl (C=O) groups excluding carboxylic acids is 1. The smallest absolute Gasteiger partial charge is 0.153 e. The highest BCUT2D eigenvalue weighted by molar-refractivity contribution is 5.92.